The predicted molar refractivity (Wildman–Crippen MR) is 67.9 cm³/mol. The Balaban J connectivity index is 2.18. The number of ether oxygens (including phenoxy) is 2. The summed E-state index contributed by atoms with van der Waals surface area (Å²) in [6.07, 6.45) is 0.0679. The highest BCUT2D eigenvalue weighted by Gasteiger charge is 2.29. The van der Waals surface area contributed by atoms with Gasteiger partial charge in [-0.1, -0.05) is 0 Å². The third kappa shape index (κ3) is 2.59. The maximum atomic E-state index is 11.8. The first-order valence-electron chi connectivity index (χ1n) is 5.36. The molecule has 1 aliphatic rings. The third-order valence-corrected chi connectivity index (χ3v) is 3.86. The van der Waals surface area contributed by atoms with Gasteiger partial charge in [0.1, 0.15) is 5.75 Å². The fourth-order valence-electron chi connectivity index (χ4n) is 1.63. The highest BCUT2D eigenvalue weighted by Crippen LogP contribution is 2.38. The average molecular weight is 267 g/mol. The molecule has 1 heterocycles. The van der Waals surface area contributed by atoms with E-state index in [9.17, 15) is 9.59 Å². The Morgan fingerprint density at radius 2 is 2.22 bits per heavy atom. The number of methoxy groups -OCH3 is 2. The molecule has 1 aliphatic heterocycles. The zero-order valence-electron chi connectivity index (χ0n) is 10.1. The van der Waals surface area contributed by atoms with Crippen molar-refractivity contribution in [3.05, 3.63) is 18.2 Å². The molecule has 96 valence electrons. The molecule has 0 aromatic heterocycles. The first-order chi connectivity index (χ1) is 8.63. The van der Waals surface area contributed by atoms with Crippen molar-refractivity contribution in [2.45, 2.75) is 16.6 Å². The van der Waals surface area contributed by atoms with E-state index < -0.39 is 5.25 Å². The third-order valence-electron chi connectivity index (χ3n) is 2.59. The van der Waals surface area contributed by atoms with Gasteiger partial charge in [-0.15, -0.1) is 11.8 Å². The van der Waals surface area contributed by atoms with Crippen molar-refractivity contribution in [1.82, 2.24) is 0 Å². The smallest absolute Gasteiger partial charge is 0.307 e. The number of hydrogen-bond donors (Lipinski definition) is 1. The normalized spacial score (nSPS) is 17.7. The van der Waals surface area contributed by atoms with Crippen molar-refractivity contribution in [3.8, 4) is 5.75 Å². The molecule has 0 fully saturated rings. The van der Waals surface area contributed by atoms with Crippen LogP contribution in [0.1, 0.15) is 6.42 Å². The molecule has 0 saturated heterocycles. The predicted octanol–water partition coefficient (Wildman–Crippen LogP) is 1.67. The number of carbonyl (C=O) groups is 2. The summed E-state index contributed by atoms with van der Waals surface area (Å²) in [5.74, 6) is 0.104. The Labute approximate surface area is 109 Å². The van der Waals surface area contributed by atoms with Crippen LogP contribution >= 0.6 is 11.8 Å². The molecular formula is C12H13NO4S. The van der Waals surface area contributed by atoms with E-state index >= 15 is 0 Å². The molecule has 6 heteroatoms. The van der Waals surface area contributed by atoms with Crippen LogP contribution < -0.4 is 10.1 Å². The van der Waals surface area contributed by atoms with Crippen molar-refractivity contribution in [2.24, 2.45) is 0 Å². The van der Waals surface area contributed by atoms with Crippen molar-refractivity contribution in [1.29, 1.82) is 0 Å². The summed E-state index contributed by atoms with van der Waals surface area (Å²) in [6.45, 7) is 0. The molecule has 1 aromatic rings. The highest BCUT2D eigenvalue weighted by atomic mass is 32.2. The van der Waals surface area contributed by atoms with Crippen molar-refractivity contribution < 1.29 is 19.1 Å². The van der Waals surface area contributed by atoms with E-state index in [4.69, 9.17) is 4.74 Å². The molecule has 0 spiro atoms. The van der Waals surface area contributed by atoms with Crippen LogP contribution in [0.2, 0.25) is 0 Å². The second-order valence-corrected chi connectivity index (χ2v) is 4.98. The minimum atomic E-state index is -0.446. The molecule has 0 unspecified atom stereocenters. The maximum Gasteiger partial charge on any atom is 0.307 e. The molecule has 0 radical (unpaired) electrons. The number of esters is 1. The number of anilines is 1. The summed E-state index contributed by atoms with van der Waals surface area (Å²) < 4.78 is 9.66. The second kappa shape index (κ2) is 5.30. The summed E-state index contributed by atoms with van der Waals surface area (Å²) in [7, 11) is 2.88. The van der Waals surface area contributed by atoms with E-state index in [2.05, 4.69) is 10.1 Å². The lowest BCUT2D eigenvalue weighted by molar-refractivity contribution is -0.141. The van der Waals surface area contributed by atoms with Gasteiger partial charge in [0.05, 0.1) is 31.6 Å². The van der Waals surface area contributed by atoms with Gasteiger partial charge in [0.15, 0.2) is 0 Å². The lowest BCUT2D eigenvalue weighted by atomic mass is 10.2. The summed E-state index contributed by atoms with van der Waals surface area (Å²) in [4.78, 5) is 24.0. The van der Waals surface area contributed by atoms with Gasteiger partial charge in [0.2, 0.25) is 5.91 Å². The zero-order chi connectivity index (χ0) is 13.1. The fraction of sp³-hybridized carbons (Fsp3) is 0.333. The monoisotopic (exact) mass is 267 g/mol. The molecule has 1 atom stereocenters. The molecule has 1 amide bonds. The van der Waals surface area contributed by atoms with Gasteiger partial charge in [-0.25, -0.2) is 0 Å². The number of benzene rings is 1. The lowest BCUT2D eigenvalue weighted by Crippen LogP contribution is -2.31. The van der Waals surface area contributed by atoms with Crippen LogP contribution in [0.15, 0.2) is 23.1 Å². The van der Waals surface area contributed by atoms with Gasteiger partial charge in [-0.05, 0) is 12.1 Å². The van der Waals surface area contributed by atoms with Crippen molar-refractivity contribution >= 4 is 29.3 Å². The Morgan fingerprint density at radius 3 is 2.89 bits per heavy atom. The summed E-state index contributed by atoms with van der Waals surface area (Å²) in [5, 5.41) is 2.32. The quantitative estimate of drug-likeness (QED) is 0.844. The number of fused-ring (bicyclic) bond motifs is 1. The standard InChI is InChI=1S/C12H13NO4S/c1-16-7-3-4-9-8(5-7)13-12(15)10(18-9)6-11(14)17-2/h3-5,10H,6H2,1-2H3,(H,13,15)/t10-/m1/s1. The Morgan fingerprint density at radius 1 is 1.44 bits per heavy atom. The Kier molecular flexibility index (Phi) is 3.76. The second-order valence-electron chi connectivity index (χ2n) is 3.74. The van der Waals surface area contributed by atoms with E-state index in [1.807, 2.05) is 12.1 Å². The van der Waals surface area contributed by atoms with Crippen molar-refractivity contribution in [2.75, 3.05) is 19.5 Å². The lowest BCUT2D eigenvalue weighted by Gasteiger charge is -2.23. The number of carbonyl (C=O) groups excluding carboxylic acids is 2. The molecule has 0 saturated carbocycles. The topological polar surface area (TPSA) is 64.6 Å². The first-order valence-corrected chi connectivity index (χ1v) is 6.24. The van der Waals surface area contributed by atoms with Crippen LogP contribution in [0.5, 0.6) is 5.75 Å². The van der Waals surface area contributed by atoms with E-state index in [1.165, 1.54) is 18.9 Å². The highest BCUT2D eigenvalue weighted by molar-refractivity contribution is 8.01. The van der Waals surface area contributed by atoms with Gasteiger partial charge in [-0.3, -0.25) is 9.59 Å². The van der Waals surface area contributed by atoms with Crippen LogP contribution in [0.3, 0.4) is 0 Å². The molecule has 18 heavy (non-hydrogen) atoms. The Hall–Kier alpha value is -1.69. The minimum absolute atomic E-state index is 0.0679. The SMILES string of the molecule is COC(=O)C[C@H]1Sc2ccc(OC)cc2NC1=O. The molecule has 1 N–H and O–H groups in total. The van der Waals surface area contributed by atoms with E-state index in [1.54, 1.807) is 13.2 Å². The van der Waals surface area contributed by atoms with Crippen LogP contribution in [-0.2, 0) is 14.3 Å². The number of nitrogens with one attached hydrogen (secondary N) is 1. The summed E-state index contributed by atoms with van der Waals surface area (Å²) in [5.41, 5.74) is 0.713. The number of amides is 1. The van der Waals surface area contributed by atoms with Crippen LogP contribution in [0.25, 0.3) is 0 Å². The number of rotatable bonds is 3. The largest absolute Gasteiger partial charge is 0.497 e. The van der Waals surface area contributed by atoms with Gasteiger partial charge >= 0.3 is 5.97 Å². The summed E-state index contributed by atoms with van der Waals surface area (Å²) >= 11 is 1.36. The van der Waals surface area contributed by atoms with Gasteiger partial charge in [0, 0.05) is 11.0 Å². The molecule has 0 bridgehead atoms. The fourth-order valence-corrected chi connectivity index (χ4v) is 2.70. The van der Waals surface area contributed by atoms with Gasteiger partial charge in [-0.2, -0.15) is 0 Å². The number of hydrogen-bond acceptors (Lipinski definition) is 5. The first kappa shape index (κ1) is 12.8. The average Bonchev–Trinajstić information content (AvgIpc) is 2.38. The number of thioether (sulfide) groups is 1. The van der Waals surface area contributed by atoms with Crippen LogP contribution in [-0.4, -0.2) is 31.3 Å². The summed E-state index contributed by atoms with van der Waals surface area (Å²) in [6, 6.07) is 5.44. The molecule has 0 aliphatic carbocycles. The Bertz CT molecular complexity index is 489. The van der Waals surface area contributed by atoms with Crippen molar-refractivity contribution in [3.63, 3.8) is 0 Å². The molecular weight excluding hydrogens is 254 g/mol. The molecule has 5 nitrogen and oxygen atoms in total. The zero-order valence-corrected chi connectivity index (χ0v) is 10.9. The van der Waals surface area contributed by atoms with Gasteiger partial charge < -0.3 is 14.8 Å². The van der Waals surface area contributed by atoms with Gasteiger partial charge in [0.25, 0.3) is 0 Å². The molecule has 2 rings (SSSR count). The van der Waals surface area contributed by atoms with E-state index in [0.717, 1.165) is 4.90 Å². The van der Waals surface area contributed by atoms with Crippen LogP contribution in [0.4, 0.5) is 5.69 Å². The van der Waals surface area contributed by atoms with E-state index in [0.29, 0.717) is 11.4 Å². The van der Waals surface area contributed by atoms with E-state index in [-0.39, 0.29) is 18.3 Å². The minimum Gasteiger partial charge on any atom is -0.497 e. The maximum absolute atomic E-state index is 11.8. The van der Waals surface area contributed by atoms with Crippen LogP contribution in [0, 0.1) is 0 Å². The molecule has 1 aromatic carbocycles.